The van der Waals surface area contributed by atoms with Crippen LogP contribution in [0.25, 0.3) is 21.7 Å². The molecular weight excluding hydrogens is 560 g/mol. The van der Waals surface area contributed by atoms with Gasteiger partial charge in [-0.1, -0.05) is 0 Å². The van der Waals surface area contributed by atoms with Crippen LogP contribution in [-0.2, 0) is 22.3 Å². The monoisotopic (exact) mass is 586 g/mol. The Morgan fingerprint density at radius 1 is 0.628 bits per heavy atom. The first-order chi connectivity index (χ1) is 20.6. The van der Waals surface area contributed by atoms with Crippen molar-refractivity contribution in [3.8, 4) is 23.0 Å². The Morgan fingerprint density at radius 2 is 1.23 bits per heavy atom. The molecule has 4 aromatic rings. The number of benzene rings is 3. The van der Waals surface area contributed by atoms with Crippen LogP contribution in [0.2, 0.25) is 0 Å². The van der Waals surface area contributed by atoms with Gasteiger partial charge < -0.3 is 32.8 Å². The lowest BCUT2D eigenvalue weighted by atomic mass is 9.80. The molecule has 0 saturated carbocycles. The highest BCUT2D eigenvalue weighted by Crippen LogP contribution is 2.53. The van der Waals surface area contributed by atoms with Gasteiger partial charge in [-0.3, -0.25) is 9.59 Å². The molecule has 0 spiro atoms. The van der Waals surface area contributed by atoms with E-state index in [1.165, 1.54) is 28.4 Å². The molecule has 7 rings (SSSR count). The van der Waals surface area contributed by atoms with Crippen LogP contribution in [0, 0.1) is 0 Å². The Kier molecular flexibility index (Phi) is 5.75. The van der Waals surface area contributed by atoms with Crippen LogP contribution in [0.4, 0.5) is 0 Å². The first kappa shape index (κ1) is 26.8. The van der Waals surface area contributed by atoms with E-state index in [0.29, 0.717) is 34.7 Å². The summed E-state index contributed by atoms with van der Waals surface area (Å²) in [5.74, 6) is -2.19. The third-order valence-electron chi connectivity index (χ3n) is 8.31. The largest absolute Gasteiger partial charge is 0.496 e. The molecule has 3 aromatic carbocycles. The molecule has 0 saturated heterocycles. The minimum Gasteiger partial charge on any atom is -0.496 e. The van der Waals surface area contributed by atoms with Gasteiger partial charge in [0.1, 0.15) is 29.3 Å². The maximum atomic E-state index is 14.4. The second kappa shape index (κ2) is 9.22. The summed E-state index contributed by atoms with van der Waals surface area (Å²) in [6.45, 7) is 3.53. The van der Waals surface area contributed by atoms with E-state index < -0.39 is 29.6 Å². The van der Waals surface area contributed by atoms with Crippen molar-refractivity contribution in [3.63, 3.8) is 0 Å². The number of ether oxygens (including phenoxy) is 6. The average Bonchev–Trinajstić information content (AvgIpc) is 3.37. The Bertz CT molecular complexity index is 1980. The molecule has 11 nitrogen and oxygen atoms in total. The summed E-state index contributed by atoms with van der Waals surface area (Å²) in [6, 6.07) is 3.38. The van der Waals surface area contributed by atoms with Gasteiger partial charge >= 0.3 is 11.9 Å². The van der Waals surface area contributed by atoms with Gasteiger partial charge in [0.2, 0.25) is 11.6 Å². The van der Waals surface area contributed by atoms with Gasteiger partial charge in [-0.15, -0.1) is 0 Å². The van der Waals surface area contributed by atoms with Crippen molar-refractivity contribution in [1.82, 2.24) is 0 Å². The second-order valence-corrected chi connectivity index (χ2v) is 10.8. The number of furan rings is 1. The van der Waals surface area contributed by atoms with Crippen LogP contribution in [0.5, 0.6) is 23.0 Å². The Labute approximate surface area is 244 Å². The van der Waals surface area contributed by atoms with E-state index in [0.717, 1.165) is 0 Å². The van der Waals surface area contributed by atoms with Gasteiger partial charge in [0.05, 0.1) is 61.5 Å². The zero-order valence-corrected chi connectivity index (χ0v) is 24.2. The van der Waals surface area contributed by atoms with Gasteiger partial charge in [-0.05, 0) is 37.1 Å². The maximum Gasteiger partial charge on any atom is 0.342 e. The van der Waals surface area contributed by atoms with E-state index >= 15 is 0 Å². The minimum atomic E-state index is -0.709. The van der Waals surface area contributed by atoms with Crippen LogP contribution < -0.4 is 18.9 Å². The van der Waals surface area contributed by atoms with Gasteiger partial charge in [-0.25, -0.2) is 9.59 Å². The first-order valence-corrected chi connectivity index (χ1v) is 13.6. The van der Waals surface area contributed by atoms with Crippen molar-refractivity contribution >= 4 is 45.2 Å². The molecule has 43 heavy (non-hydrogen) atoms. The second-order valence-electron chi connectivity index (χ2n) is 10.8. The molecular formula is C32H26O11. The molecule has 2 aliphatic heterocycles. The fourth-order valence-electron chi connectivity index (χ4n) is 6.68. The molecule has 3 heterocycles. The highest BCUT2D eigenvalue weighted by molar-refractivity contribution is 6.36. The lowest BCUT2D eigenvalue weighted by molar-refractivity contribution is 0.0287. The van der Waals surface area contributed by atoms with E-state index in [9.17, 15) is 19.2 Å². The number of rotatable bonds is 4. The third-order valence-corrected chi connectivity index (χ3v) is 8.31. The van der Waals surface area contributed by atoms with Crippen LogP contribution >= 0.6 is 0 Å². The molecule has 220 valence electrons. The molecule has 0 bridgehead atoms. The van der Waals surface area contributed by atoms with Crippen LogP contribution in [0.15, 0.2) is 16.5 Å². The summed E-state index contributed by atoms with van der Waals surface area (Å²) >= 11 is 0. The lowest BCUT2D eigenvalue weighted by Crippen LogP contribution is -2.31. The number of ketones is 2. The van der Waals surface area contributed by atoms with Crippen LogP contribution in [0.1, 0.15) is 77.7 Å². The molecule has 2 unspecified atom stereocenters. The topological polar surface area (TPSA) is 137 Å². The lowest BCUT2D eigenvalue weighted by Gasteiger charge is -2.27. The van der Waals surface area contributed by atoms with Gasteiger partial charge in [-0.2, -0.15) is 0 Å². The van der Waals surface area contributed by atoms with Crippen LogP contribution in [-0.4, -0.2) is 64.2 Å². The predicted molar refractivity (Wildman–Crippen MR) is 150 cm³/mol. The molecule has 0 amide bonds. The number of hydrogen-bond acceptors (Lipinski definition) is 11. The molecule has 0 N–H and O–H groups in total. The van der Waals surface area contributed by atoms with Crippen molar-refractivity contribution in [1.29, 1.82) is 0 Å². The van der Waals surface area contributed by atoms with E-state index in [1.54, 1.807) is 26.0 Å². The molecule has 2 atom stereocenters. The quantitative estimate of drug-likeness (QED) is 0.273. The third kappa shape index (κ3) is 3.41. The number of methoxy groups -OCH3 is 4. The molecule has 1 aromatic heterocycles. The number of cyclic esters (lactones) is 2. The maximum absolute atomic E-state index is 14.4. The van der Waals surface area contributed by atoms with Crippen molar-refractivity contribution in [2.75, 3.05) is 28.4 Å². The summed E-state index contributed by atoms with van der Waals surface area (Å²) in [7, 11) is 5.65. The number of esters is 2. The Balaban J connectivity index is 1.63. The van der Waals surface area contributed by atoms with Crippen molar-refractivity contribution in [2.24, 2.45) is 0 Å². The van der Waals surface area contributed by atoms with E-state index in [4.69, 9.17) is 32.8 Å². The fraction of sp³-hybridized carbons (Fsp3) is 0.312. The van der Waals surface area contributed by atoms with E-state index in [1.807, 2.05) is 0 Å². The number of fused-ring (bicyclic) bond motifs is 9. The molecule has 3 aliphatic rings. The molecule has 11 heteroatoms. The van der Waals surface area contributed by atoms with E-state index in [-0.39, 0.29) is 73.6 Å². The SMILES string of the molecule is COc1cc2c(c3c1C(=O)c1c(oc4c1c(OC)c(OC)c1cc5c(c(OC)c14)C(=O)OC(C)C5)C3=O)C(=O)OC(C)C2. The minimum absolute atomic E-state index is 0.0104. The Hall–Kier alpha value is -5.06. The summed E-state index contributed by atoms with van der Waals surface area (Å²) in [6.07, 6.45) is -0.0161. The number of carbonyl (C=O) groups excluding carboxylic acids is 4. The fourth-order valence-corrected chi connectivity index (χ4v) is 6.68. The highest BCUT2D eigenvalue weighted by Gasteiger charge is 2.45. The standard InChI is InChI=1S/C32H26O11/c1-11-7-13-9-15-19(27(39-5)18(13)32(36)42-11)28-23(30(40-6)26(15)38-4)22-24(33)20-16(37-3)10-14-8-12(2)41-31(35)17(14)21(20)25(34)29(22)43-28/h9-12H,7-8H2,1-6H3. The smallest absolute Gasteiger partial charge is 0.342 e. The first-order valence-electron chi connectivity index (χ1n) is 13.6. The van der Waals surface area contributed by atoms with Gasteiger partial charge in [0.25, 0.3) is 0 Å². The number of hydrogen-bond donors (Lipinski definition) is 0. The van der Waals surface area contributed by atoms with Gasteiger partial charge in [0.15, 0.2) is 22.8 Å². The summed E-state index contributed by atoms with van der Waals surface area (Å²) in [4.78, 5) is 54.8. The predicted octanol–water partition coefficient (Wildman–Crippen LogP) is 4.60. The normalized spacial score (nSPS) is 18.8. The zero-order chi connectivity index (χ0) is 30.5. The molecule has 0 radical (unpaired) electrons. The number of carbonyl (C=O) groups is 4. The highest BCUT2D eigenvalue weighted by atomic mass is 16.6. The van der Waals surface area contributed by atoms with Crippen molar-refractivity contribution in [2.45, 2.75) is 38.9 Å². The Morgan fingerprint density at radius 3 is 1.84 bits per heavy atom. The average molecular weight is 587 g/mol. The zero-order valence-electron chi connectivity index (χ0n) is 24.2. The molecule has 0 fully saturated rings. The molecule has 1 aliphatic carbocycles. The summed E-state index contributed by atoms with van der Waals surface area (Å²) < 4.78 is 40.2. The van der Waals surface area contributed by atoms with Crippen molar-refractivity contribution in [3.05, 3.63) is 56.8 Å². The summed E-state index contributed by atoms with van der Waals surface area (Å²) in [5.41, 5.74) is 1.20. The van der Waals surface area contributed by atoms with Gasteiger partial charge in [0, 0.05) is 18.2 Å². The van der Waals surface area contributed by atoms with Crippen LogP contribution in [0.3, 0.4) is 0 Å². The van der Waals surface area contributed by atoms with Crippen molar-refractivity contribution < 1.29 is 52.0 Å². The summed E-state index contributed by atoms with van der Waals surface area (Å²) in [5, 5.41) is 0.930. The van der Waals surface area contributed by atoms with E-state index in [2.05, 4.69) is 0 Å².